The van der Waals surface area contributed by atoms with E-state index >= 15 is 0 Å². The van der Waals surface area contributed by atoms with E-state index in [0.717, 1.165) is 16.8 Å². The Kier molecular flexibility index (Phi) is 5.57. The van der Waals surface area contributed by atoms with Crippen LogP contribution in [0.2, 0.25) is 5.02 Å². The van der Waals surface area contributed by atoms with Crippen LogP contribution in [-0.4, -0.2) is 19.2 Å². The number of methoxy groups -OCH3 is 2. The van der Waals surface area contributed by atoms with Crippen molar-refractivity contribution >= 4 is 34.6 Å². The lowest BCUT2D eigenvalue weighted by atomic mass is 10.1. The van der Waals surface area contributed by atoms with E-state index in [1.165, 1.54) is 11.3 Å². The number of hydrogen-bond donors (Lipinski definition) is 0. The van der Waals surface area contributed by atoms with Crippen LogP contribution in [0.3, 0.4) is 0 Å². The number of aromatic nitrogens is 1. The Morgan fingerprint density at radius 1 is 1.12 bits per heavy atom. The van der Waals surface area contributed by atoms with Gasteiger partial charge < -0.3 is 9.47 Å². The Hall–Kier alpha value is -2.81. The number of ether oxygens (including phenoxy) is 2. The summed E-state index contributed by atoms with van der Waals surface area (Å²) >= 11 is 7.32. The summed E-state index contributed by atoms with van der Waals surface area (Å²) in [4.78, 5) is 4.60. The van der Waals surface area contributed by atoms with E-state index in [4.69, 9.17) is 21.1 Å². The minimum absolute atomic E-state index is 0.504. The van der Waals surface area contributed by atoms with Gasteiger partial charge in [0.2, 0.25) is 0 Å². The predicted octanol–water partition coefficient (Wildman–Crippen LogP) is 5.54. The first-order chi connectivity index (χ1) is 12.6. The molecule has 0 saturated heterocycles. The molecule has 0 unspecified atom stereocenters. The molecule has 0 bridgehead atoms. The van der Waals surface area contributed by atoms with E-state index in [-0.39, 0.29) is 0 Å². The zero-order valence-electron chi connectivity index (χ0n) is 14.2. The third-order valence-electron chi connectivity index (χ3n) is 3.72. The van der Waals surface area contributed by atoms with E-state index < -0.39 is 0 Å². The molecule has 0 saturated carbocycles. The largest absolute Gasteiger partial charge is 0.493 e. The normalized spacial score (nSPS) is 11.1. The number of nitrogens with zero attached hydrogens (tertiary/aromatic N) is 2. The van der Waals surface area contributed by atoms with Crippen molar-refractivity contribution in [2.75, 3.05) is 14.2 Å². The molecule has 0 fully saturated rings. The molecule has 0 aliphatic heterocycles. The van der Waals surface area contributed by atoms with Crippen LogP contribution in [0.25, 0.3) is 22.9 Å². The molecule has 6 heteroatoms. The Balaban J connectivity index is 1.93. The summed E-state index contributed by atoms with van der Waals surface area (Å²) in [7, 11) is 3.19. The number of halogens is 1. The number of allylic oxidation sites excluding steroid dienone is 1. The highest BCUT2D eigenvalue weighted by Gasteiger charge is 2.12. The van der Waals surface area contributed by atoms with Gasteiger partial charge in [-0.05, 0) is 42.0 Å². The first kappa shape index (κ1) is 18.0. The van der Waals surface area contributed by atoms with Crippen LogP contribution in [0.5, 0.6) is 11.5 Å². The van der Waals surface area contributed by atoms with Crippen molar-refractivity contribution in [3.8, 4) is 28.8 Å². The van der Waals surface area contributed by atoms with Crippen LogP contribution < -0.4 is 9.47 Å². The van der Waals surface area contributed by atoms with Crippen molar-refractivity contribution in [1.29, 1.82) is 5.26 Å². The monoisotopic (exact) mass is 382 g/mol. The fraction of sp³-hybridized carbons (Fsp3) is 0.100. The highest BCUT2D eigenvalue weighted by molar-refractivity contribution is 7.11. The van der Waals surface area contributed by atoms with Crippen molar-refractivity contribution in [2.45, 2.75) is 0 Å². The lowest BCUT2D eigenvalue weighted by Gasteiger charge is -2.08. The second-order valence-electron chi connectivity index (χ2n) is 5.33. The van der Waals surface area contributed by atoms with Gasteiger partial charge in [-0.2, -0.15) is 5.26 Å². The van der Waals surface area contributed by atoms with Crippen LogP contribution in [-0.2, 0) is 0 Å². The van der Waals surface area contributed by atoms with Gasteiger partial charge in [0.1, 0.15) is 11.1 Å². The van der Waals surface area contributed by atoms with E-state index in [1.807, 2.05) is 35.7 Å². The average molecular weight is 383 g/mol. The summed E-state index contributed by atoms with van der Waals surface area (Å²) in [6.07, 6.45) is 1.80. The molecular weight excluding hydrogens is 368 g/mol. The van der Waals surface area contributed by atoms with Crippen molar-refractivity contribution in [2.24, 2.45) is 0 Å². The zero-order chi connectivity index (χ0) is 18.5. The van der Waals surface area contributed by atoms with Crippen LogP contribution in [0.4, 0.5) is 0 Å². The van der Waals surface area contributed by atoms with Crippen molar-refractivity contribution in [3.05, 3.63) is 63.4 Å². The third kappa shape index (κ3) is 3.88. The maximum Gasteiger partial charge on any atom is 0.161 e. The maximum absolute atomic E-state index is 9.51. The molecule has 26 heavy (non-hydrogen) atoms. The molecule has 3 aromatic rings. The van der Waals surface area contributed by atoms with Crippen molar-refractivity contribution < 1.29 is 9.47 Å². The quantitative estimate of drug-likeness (QED) is 0.543. The van der Waals surface area contributed by atoms with Crippen LogP contribution >= 0.6 is 22.9 Å². The van der Waals surface area contributed by atoms with Crippen LogP contribution in [0.15, 0.2) is 47.8 Å². The van der Waals surface area contributed by atoms with Gasteiger partial charge in [0.15, 0.2) is 11.5 Å². The molecule has 1 heterocycles. The van der Waals surface area contributed by atoms with Gasteiger partial charge in [-0.15, -0.1) is 11.3 Å². The fourth-order valence-electron chi connectivity index (χ4n) is 2.39. The Bertz CT molecular complexity index is 988. The van der Waals surface area contributed by atoms with Crippen molar-refractivity contribution in [3.63, 3.8) is 0 Å². The number of benzene rings is 2. The molecule has 0 spiro atoms. The summed E-state index contributed by atoms with van der Waals surface area (Å²) in [6.45, 7) is 0. The molecule has 2 aromatic carbocycles. The zero-order valence-corrected chi connectivity index (χ0v) is 15.8. The highest BCUT2D eigenvalue weighted by Crippen LogP contribution is 2.33. The Morgan fingerprint density at radius 2 is 1.85 bits per heavy atom. The van der Waals surface area contributed by atoms with Crippen LogP contribution in [0.1, 0.15) is 10.6 Å². The first-order valence-electron chi connectivity index (χ1n) is 7.70. The molecule has 0 atom stereocenters. The van der Waals surface area contributed by atoms with E-state index in [2.05, 4.69) is 11.1 Å². The summed E-state index contributed by atoms with van der Waals surface area (Å²) < 4.78 is 10.6. The molecular formula is C20H15ClN2O2S. The lowest BCUT2D eigenvalue weighted by Crippen LogP contribution is -1.91. The molecule has 4 nitrogen and oxygen atoms in total. The number of rotatable bonds is 5. The number of thiazole rings is 1. The van der Waals surface area contributed by atoms with Gasteiger partial charge in [-0.25, -0.2) is 4.98 Å². The van der Waals surface area contributed by atoms with E-state index in [9.17, 15) is 5.26 Å². The fourth-order valence-corrected chi connectivity index (χ4v) is 3.31. The smallest absolute Gasteiger partial charge is 0.161 e. The van der Waals surface area contributed by atoms with Crippen molar-refractivity contribution in [1.82, 2.24) is 4.98 Å². The topological polar surface area (TPSA) is 55.1 Å². The molecule has 0 amide bonds. The van der Waals surface area contributed by atoms with Gasteiger partial charge >= 0.3 is 0 Å². The first-order valence-corrected chi connectivity index (χ1v) is 8.96. The lowest BCUT2D eigenvalue weighted by molar-refractivity contribution is 0.355. The SMILES string of the molecule is COc1ccc(-c2csc(/C(C#N)=C/c3ccc(Cl)cc3)n2)cc1OC. The van der Waals surface area contributed by atoms with Gasteiger partial charge in [0.25, 0.3) is 0 Å². The molecule has 130 valence electrons. The Labute approximate surface area is 160 Å². The highest BCUT2D eigenvalue weighted by atomic mass is 35.5. The average Bonchev–Trinajstić information content (AvgIpc) is 3.17. The summed E-state index contributed by atoms with van der Waals surface area (Å²) in [5.74, 6) is 1.30. The summed E-state index contributed by atoms with van der Waals surface area (Å²) in [6, 6.07) is 15.1. The molecule has 0 N–H and O–H groups in total. The molecule has 0 aliphatic carbocycles. The number of nitriles is 1. The van der Waals surface area contributed by atoms with Gasteiger partial charge in [0.05, 0.1) is 25.5 Å². The minimum Gasteiger partial charge on any atom is -0.493 e. The third-order valence-corrected chi connectivity index (χ3v) is 4.84. The van der Waals surface area contributed by atoms with Gasteiger partial charge in [0, 0.05) is 16.0 Å². The summed E-state index contributed by atoms with van der Waals surface area (Å²) in [5, 5.41) is 12.7. The second-order valence-corrected chi connectivity index (χ2v) is 6.62. The molecule has 0 aliphatic rings. The molecule has 3 rings (SSSR count). The van der Waals surface area contributed by atoms with E-state index in [0.29, 0.717) is 27.1 Å². The molecule has 1 aromatic heterocycles. The Morgan fingerprint density at radius 3 is 2.50 bits per heavy atom. The van der Waals surface area contributed by atoms with Gasteiger partial charge in [-0.3, -0.25) is 0 Å². The van der Waals surface area contributed by atoms with Gasteiger partial charge in [-0.1, -0.05) is 23.7 Å². The minimum atomic E-state index is 0.504. The predicted molar refractivity (Wildman–Crippen MR) is 106 cm³/mol. The van der Waals surface area contributed by atoms with Crippen LogP contribution in [0, 0.1) is 11.3 Å². The molecule has 0 radical (unpaired) electrons. The summed E-state index contributed by atoms with van der Waals surface area (Å²) in [5.41, 5.74) is 3.08. The maximum atomic E-state index is 9.51. The number of hydrogen-bond acceptors (Lipinski definition) is 5. The van der Waals surface area contributed by atoms with E-state index in [1.54, 1.807) is 32.4 Å². The standard InChI is InChI=1S/C20H15ClN2O2S/c1-24-18-8-5-14(10-19(18)25-2)17-12-26-20(23-17)15(11-22)9-13-3-6-16(21)7-4-13/h3-10,12H,1-2H3/b15-9+. The second kappa shape index (κ2) is 8.05.